The molecule has 1 fully saturated rings. The van der Waals surface area contributed by atoms with E-state index in [0.717, 1.165) is 64.2 Å². The number of carboxylic acid groups (broad SMARTS) is 1. The standard InChI is InChI=1S/C22H40O4/c1-4-5-10-14-22(3,26)15-13-18-17(2)16-20(23)19(18)11-8-6-7-9-12-21(24)25/h13,15,17-20,23,26H,4-12,14,16H2,1-3H3,(H,24,25)/t17-,18+,19-,20-,22?/m1/s1. The summed E-state index contributed by atoms with van der Waals surface area (Å²) in [4.78, 5) is 10.5. The molecule has 0 aliphatic heterocycles. The predicted molar refractivity (Wildman–Crippen MR) is 106 cm³/mol. The number of unbranched alkanes of at least 4 members (excludes halogenated alkanes) is 5. The zero-order valence-corrected chi connectivity index (χ0v) is 17.0. The second kappa shape index (κ2) is 11.8. The Morgan fingerprint density at radius 3 is 2.50 bits per heavy atom. The van der Waals surface area contributed by atoms with Crippen molar-refractivity contribution >= 4 is 5.97 Å². The molecule has 0 aromatic heterocycles. The van der Waals surface area contributed by atoms with Crippen LogP contribution in [0.25, 0.3) is 0 Å². The predicted octanol–water partition coefficient (Wildman–Crippen LogP) is 4.93. The van der Waals surface area contributed by atoms with Gasteiger partial charge in [-0.25, -0.2) is 0 Å². The van der Waals surface area contributed by atoms with E-state index < -0.39 is 11.6 Å². The quantitative estimate of drug-likeness (QED) is 0.318. The van der Waals surface area contributed by atoms with Crippen LogP contribution in [0.1, 0.15) is 91.4 Å². The van der Waals surface area contributed by atoms with E-state index in [9.17, 15) is 15.0 Å². The highest BCUT2D eigenvalue weighted by molar-refractivity contribution is 5.66. The first-order valence-electron chi connectivity index (χ1n) is 10.6. The average molecular weight is 369 g/mol. The maximum atomic E-state index is 10.6. The molecule has 0 saturated heterocycles. The van der Waals surface area contributed by atoms with Crippen molar-refractivity contribution < 1.29 is 20.1 Å². The minimum atomic E-state index is -0.760. The first-order chi connectivity index (χ1) is 12.3. The lowest BCUT2D eigenvalue weighted by Gasteiger charge is -2.24. The summed E-state index contributed by atoms with van der Waals surface area (Å²) in [5.74, 6) is 0.291. The maximum absolute atomic E-state index is 10.6. The van der Waals surface area contributed by atoms with Gasteiger partial charge in [0.15, 0.2) is 0 Å². The molecular weight excluding hydrogens is 328 g/mol. The molecule has 0 amide bonds. The molecule has 3 N–H and O–H groups in total. The van der Waals surface area contributed by atoms with Gasteiger partial charge in [0.05, 0.1) is 11.7 Å². The van der Waals surface area contributed by atoms with Crippen LogP contribution < -0.4 is 0 Å². The molecule has 0 radical (unpaired) electrons. The van der Waals surface area contributed by atoms with E-state index >= 15 is 0 Å². The van der Waals surface area contributed by atoms with Crippen LogP contribution in [-0.4, -0.2) is 33.0 Å². The summed E-state index contributed by atoms with van der Waals surface area (Å²) in [6, 6.07) is 0. The van der Waals surface area contributed by atoms with E-state index in [1.165, 1.54) is 0 Å². The van der Waals surface area contributed by atoms with E-state index in [1.807, 2.05) is 13.0 Å². The van der Waals surface area contributed by atoms with Crippen LogP contribution in [0.2, 0.25) is 0 Å². The molecule has 4 nitrogen and oxygen atoms in total. The number of carboxylic acids is 1. The largest absolute Gasteiger partial charge is 0.481 e. The Kier molecular flexibility index (Phi) is 10.5. The Bertz CT molecular complexity index is 430. The molecule has 0 bridgehead atoms. The molecule has 0 heterocycles. The van der Waals surface area contributed by atoms with Crippen LogP contribution in [-0.2, 0) is 4.79 Å². The summed E-state index contributed by atoms with van der Waals surface area (Å²) >= 11 is 0. The molecule has 0 aromatic carbocycles. The Labute approximate surface area is 159 Å². The molecule has 1 aliphatic rings. The fourth-order valence-corrected chi connectivity index (χ4v) is 4.25. The van der Waals surface area contributed by atoms with Gasteiger partial charge in [0.2, 0.25) is 0 Å². The fraction of sp³-hybridized carbons (Fsp3) is 0.864. The number of aliphatic carboxylic acids is 1. The van der Waals surface area contributed by atoms with E-state index in [4.69, 9.17) is 5.11 Å². The molecule has 152 valence electrons. The summed E-state index contributed by atoms with van der Waals surface area (Å²) in [6.07, 6.45) is 13.8. The van der Waals surface area contributed by atoms with Gasteiger partial charge in [-0.1, -0.05) is 64.5 Å². The smallest absolute Gasteiger partial charge is 0.303 e. The van der Waals surface area contributed by atoms with Gasteiger partial charge in [-0.2, -0.15) is 0 Å². The molecule has 0 spiro atoms. The normalized spacial score (nSPS) is 28.5. The van der Waals surface area contributed by atoms with Gasteiger partial charge in [0, 0.05) is 6.42 Å². The minimum absolute atomic E-state index is 0.252. The Hall–Kier alpha value is -0.870. The van der Waals surface area contributed by atoms with Crippen molar-refractivity contribution in [3.8, 4) is 0 Å². The molecule has 0 aromatic rings. The van der Waals surface area contributed by atoms with Crippen LogP contribution in [0, 0.1) is 17.8 Å². The first kappa shape index (κ1) is 23.2. The zero-order chi connectivity index (χ0) is 19.6. The van der Waals surface area contributed by atoms with Crippen molar-refractivity contribution in [2.75, 3.05) is 0 Å². The minimum Gasteiger partial charge on any atom is -0.481 e. The summed E-state index contributed by atoms with van der Waals surface area (Å²) in [6.45, 7) is 6.24. The Morgan fingerprint density at radius 2 is 1.85 bits per heavy atom. The highest BCUT2D eigenvalue weighted by atomic mass is 16.4. The van der Waals surface area contributed by atoms with Gasteiger partial charge in [0.1, 0.15) is 0 Å². The van der Waals surface area contributed by atoms with E-state index in [1.54, 1.807) is 0 Å². The van der Waals surface area contributed by atoms with Gasteiger partial charge in [-0.05, 0) is 50.4 Å². The second-order valence-electron chi connectivity index (χ2n) is 8.54. The molecular formula is C22H40O4. The van der Waals surface area contributed by atoms with Crippen LogP contribution in [0.5, 0.6) is 0 Å². The van der Waals surface area contributed by atoms with Crippen LogP contribution in [0.3, 0.4) is 0 Å². The SMILES string of the molecule is CCCCCC(C)(O)C=C[C@@H]1[C@@H](CCCCCCC(=O)O)[C@H](O)C[C@H]1C. The molecule has 26 heavy (non-hydrogen) atoms. The van der Waals surface area contributed by atoms with E-state index in [-0.39, 0.29) is 18.4 Å². The van der Waals surface area contributed by atoms with E-state index in [0.29, 0.717) is 11.8 Å². The van der Waals surface area contributed by atoms with Crippen molar-refractivity contribution in [2.24, 2.45) is 17.8 Å². The Balaban J connectivity index is 2.47. The molecule has 1 saturated carbocycles. The number of aliphatic hydroxyl groups is 2. The number of hydrogen-bond donors (Lipinski definition) is 3. The highest BCUT2D eigenvalue weighted by Gasteiger charge is 2.38. The third kappa shape index (κ3) is 8.68. The first-order valence-corrected chi connectivity index (χ1v) is 10.6. The average Bonchev–Trinajstić information content (AvgIpc) is 2.82. The van der Waals surface area contributed by atoms with Gasteiger partial charge < -0.3 is 15.3 Å². The lowest BCUT2D eigenvalue weighted by atomic mass is 9.84. The molecule has 1 unspecified atom stereocenters. The number of rotatable bonds is 13. The molecule has 5 atom stereocenters. The lowest BCUT2D eigenvalue weighted by molar-refractivity contribution is -0.137. The monoisotopic (exact) mass is 368 g/mol. The zero-order valence-electron chi connectivity index (χ0n) is 17.0. The topological polar surface area (TPSA) is 77.8 Å². The van der Waals surface area contributed by atoms with Gasteiger partial charge in [-0.3, -0.25) is 4.79 Å². The van der Waals surface area contributed by atoms with Crippen molar-refractivity contribution in [3.63, 3.8) is 0 Å². The Morgan fingerprint density at radius 1 is 1.15 bits per heavy atom. The fourth-order valence-electron chi connectivity index (χ4n) is 4.25. The number of allylic oxidation sites excluding steroid dienone is 1. The second-order valence-corrected chi connectivity index (χ2v) is 8.54. The lowest BCUT2D eigenvalue weighted by Crippen LogP contribution is -2.23. The number of aliphatic hydroxyl groups excluding tert-OH is 1. The van der Waals surface area contributed by atoms with Gasteiger partial charge in [0.25, 0.3) is 0 Å². The maximum Gasteiger partial charge on any atom is 0.303 e. The third-order valence-corrected chi connectivity index (χ3v) is 5.90. The van der Waals surface area contributed by atoms with Crippen molar-refractivity contribution in [3.05, 3.63) is 12.2 Å². The molecule has 1 rings (SSSR count). The van der Waals surface area contributed by atoms with Gasteiger partial charge >= 0.3 is 5.97 Å². The van der Waals surface area contributed by atoms with Crippen LogP contribution in [0.4, 0.5) is 0 Å². The van der Waals surface area contributed by atoms with Crippen LogP contribution >= 0.6 is 0 Å². The third-order valence-electron chi connectivity index (χ3n) is 5.90. The summed E-state index contributed by atoms with van der Waals surface area (Å²) in [5.41, 5.74) is -0.760. The number of carbonyl (C=O) groups is 1. The van der Waals surface area contributed by atoms with Crippen LogP contribution in [0.15, 0.2) is 12.2 Å². The summed E-state index contributed by atoms with van der Waals surface area (Å²) in [5, 5.41) is 29.7. The number of hydrogen-bond acceptors (Lipinski definition) is 3. The highest BCUT2D eigenvalue weighted by Crippen LogP contribution is 2.41. The molecule has 4 heteroatoms. The van der Waals surface area contributed by atoms with Crippen molar-refractivity contribution in [1.29, 1.82) is 0 Å². The summed E-state index contributed by atoms with van der Waals surface area (Å²) < 4.78 is 0. The summed E-state index contributed by atoms with van der Waals surface area (Å²) in [7, 11) is 0. The van der Waals surface area contributed by atoms with Crippen molar-refractivity contribution in [1.82, 2.24) is 0 Å². The molecule has 1 aliphatic carbocycles. The van der Waals surface area contributed by atoms with E-state index in [2.05, 4.69) is 19.9 Å². The van der Waals surface area contributed by atoms with Gasteiger partial charge in [-0.15, -0.1) is 0 Å². The van der Waals surface area contributed by atoms with Crippen molar-refractivity contribution in [2.45, 2.75) is 103 Å².